The van der Waals surface area contributed by atoms with Crippen molar-refractivity contribution in [3.8, 4) is 0 Å². The highest BCUT2D eigenvalue weighted by Gasteiger charge is 2.11. The van der Waals surface area contributed by atoms with Crippen LogP contribution in [0, 0.1) is 6.92 Å². The summed E-state index contributed by atoms with van der Waals surface area (Å²) in [5.41, 5.74) is 5.13. The molecule has 0 fully saturated rings. The lowest BCUT2D eigenvalue weighted by molar-refractivity contribution is 1.03. The molecule has 3 heteroatoms. The largest absolute Gasteiger partial charge is 0.355 e. The third-order valence-corrected chi connectivity index (χ3v) is 3.28. The number of fused-ring (bicyclic) bond motifs is 1. The molecule has 1 aromatic carbocycles. The van der Waals surface area contributed by atoms with Gasteiger partial charge >= 0.3 is 0 Å². The summed E-state index contributed by atoms with van der Waals surface area (Å²) in [6, 6.07) is 8.16. The summed E-state index contributed by atoms with van der Waals surface area (Å²) in [7, 11) is 0. The molecule has 2 N–H and O–H groups in total. The molecule has 0 radical (unpaired) electrons. The van der Waals surface area contributed by atoms with Crippen LogP contribution in [-0.2, 0) is 0 Å². The van der Waals surface area contributed by atoms with E-state index in [9.17, 15) is 0 Å². The Morgan fingerprint density at radius 2 is 2.00 bits per heavy atom. The molecule has 19 heavy (non-hydrogen) atoms. The lowest BCUT2D eigenvalue weighted by atomic mass is 10.0. The highest BCUT2D eigenvalue weighted by atomic mass is 15.1. The number of aryl methyl sites for hydroxylation is 1. The summed E-state index contributed by atoms with van der Waals surface area (Å²) in [6.45, 7) is 9.99. The molecule has 2 heterocycles. The van der Waals surface area contributed by atoms with Crippen molar-refractivity contribution >= 4 is 24.4 Å². The Morgan fingerprint density at radius 1 is 1.21 bits per heavy atom. The normalized spacial score (nSPS) is 14.9. The quantitative estimate of drug-likeness (QED) is 0.811. The topological polar surface area (TPSA) is 40.7 Å². The lowest BCUT2D eigenvalue weighted by Crippen LogP contribution is -2.23. The Hall–Kier alpha value is -2.55. The van der Waals surface area contributed by atoms with Gasteiger partial charge in [0.2, 0.25) is 0 Å². The van der Waals surface area contributed by atoms with Crippen molar-refractivity contribution in [2.24, 2.45) is 0 Å². The minimum atomic E-state index is 0.824. The highest BCUT2D eigenvalue weighted by molar-refractivity contribution is 5.83. The second kappa shape index (κ2) is 4.28. The fraction of sp³-hybridized carbons (Fsp3) is 0.0625. The average Bonchev–Trinajstić information content (AvgIpc) is 2.71. The van der Waals surface area contributed by atoms with E-state index in [0.29, 0.717) is 0 Å². The molecule has 1 aromatic heterocycles. The Morgan fingerprint density at radius 3 is 2.74 bits per heavy atom. The molecule has 0 saturated heterocycles. The second-order valence-corrected chi connectivity index (χ2v) is 4.64. The summed E-state index contributed by atoms with van der Waals surface area (Å²) in [4.78, 5) is 0. The maximum Gasteiger partial charge on any atom is 0.0669 e. The van der Waals surface area contributed by atoms with Gasteiger partial charge in [0.1, 0.15) is 0 Å². The summed E-state index contributed by atoms with van der Waals surface area (Å²) in [6.07, 6.45) is 4.19. The summed E-state index contributed by atoms with van der Waals surface area (Å²) in [5, 5.41) is 12.2. The van der Waals surface area contributed by atoms with Crippen LogP contribution in [-0.4, -0.2) is 10.2 Å². The summed E-state index contributed by atoms with van der Waals surface area (Å²) in [5.74, 6) is 0. The number of hydrogen-bond donors (Lipinski definition) is 2. The molecular formula is C16H15N3. The first kappa shape index (κ1) is 11.5. The fourth-order valence-corrected chi connectivity index (χ4v) is 2.19. The number of rotatable bonds is 1. The van der Waals surface area contributed by atoms with E-state index in [0.717, 1.165) is 38.8 Å². The Kier molecular flexibility index (Phi) is 2.60. The number of para-hydroxylation sites is 1. The van der Waals surface area contributed by atoms with Crippen LogP contribution in [0.4, 0.5) is 5.69 Å². The molecular weight excluding hydrogens is 234 g/mol. The summed E-state index contributed by atoms with van der Waals surface area (Å²) >= 11 is 0. The maximum atomic E-state index is 4.15. The van der Waals surface area contributed by atoms with E-state index in [-0.39, 0.29) is 0 Å². The minimum absolute atomic E-state index is 0.824. The predicted molar refractivity (Wildman–Crippen MR) is 79.7 cm³/mol. The maximum absolute atomic E-state index is 4.15. The number of H-pyrrole nitrogens is 1. The van der Waals surface area contributed by atoms with Gasteiger partial charge < -0.3 is 5.32 Å². The number of anilines is 1. The zero-order valence-electron chi connectivity index (χ0n) is 10.8. The average molecular weight is 249 g/mol. The highest BCUT2D eigenvalue weighted by Crippen LogP contribution is 2.28. The SMILES string of the molecule is C=C1Nc2ccccc2C=C1/C=c1\c(C)n[nH]c1=C. The fourth-order valence-electron chi connectivity index (χ4n) is 2.19. The Labute approximate surface area is 111 Å². The van der Waals surface area contributed by atoms with Crippen molar-refractivity contribution in [3.63, 3.8) is 0 Å². The molecule has 0 aliphatic carbocycles. The number of benzene rings is 1. The van der Waals surface area contributed by atoms with Gasteiger partial charge in [-0.15, -0.1) is 0 Å². The Balaban J connectivity index is 2.17. The third-order valence-electron chi connectivity index (χ3n) is 3.28. The van der Waals surface area contributed by atoms with E-state index in [1.807, 2.05) is 25.1 Å². The van der Waals surface area contributed by atoms with Crippen molar-refractivity contribution in [2.75, 3.05) is 5.32 Å². The molecule has 0 atom stereocenters. The molecule has 94 valence electrons. The van der Waals surface area contributed by atoms with Crippen molar-refractivity contribution in [2.45, 2.75) is 6.92 Å². The van der Waals surface area contributed by atoms with E-state index in [1.54, 1.807) is 0 Å². The molecule has 3 rings (SSSR count). The van der Waals surface area contributed by atoms with E-state index < -0.39 is 0 Å². The van der Waals surface area contributed by atoms with Crippen LogP contribution in [0.1, 0.15) is 11.3 Å². The number of allylic oxidation sites excluding steroid dienone is 1. The number of aromatic nitrogens is 2. The third kappa shape index (κ3) is 1.99. The molecule has 0 spiro atoms. The van der Waals surface area contributed by atoms with Gasteiger partial charge in [0.15, 0.2) is 0 Å². The van der Waals surface area contributed by atoms with Crippen LogP contribution < -0.4 is 15.9 Å². The molecule has 0 amide bonds. The van der Waals surface area contributed by atoms with Gasteiger partial charge in [0.05, 0.1) is 11.0 Å². The van der Waals surface area contributed by atoms with E-state index in [2.05, 4.69) is 46.9 Å². The Bertz CT molecular complexity index is 794. The van der Waals surface area contributed by atoms with Crippen LogP contribution >= 0.6 is 0 Å². The van der Waals surface area contributed by atoms with Crippen LogP contribution in [0.3, 0.4) is 0 Å². The first-order valence-electron chi connectivity index (χ1n) is 6.14. The second-order valence-electron chi connectivity index (χ2n) is 4.64. The molecule has 2 aromatic rings. The number of aromatic amines is 1. The van der Waals surface area contributed by atoms with Crippen molar-refractivity contribution in [1.29, 1.82) is 0 Å². The van der Waals surface area contributed by atoms with Gasteiger partial charge in [-0.1, -0.05) is 31.4 Å². The van der Waals surface area contributed by atoms with Crippen molar-refractivity contribution in [3.05, 3.63) is 63.9 Å². The molecule has 1 aliphatic heterocycles. The van der Waals surface area contributed by atoms with Crippen LogP contribution in [0.25, 0.3) is 18.7 Å². The lowest BCUT2D eigenvalue weighted by Gasteiger charge is -2.18. The monoisotopic (exact) mass is 249 g/mol. The standard InChI is InChI=1S/C16H15N3/c1-10-14(9-15-11(2)18-19-12(15)3)8-13-6-4-5-7-16(13)17-10/h4-9,17-18H,1-2H2,3H3/b15-9-. The molecule has 3 nitrogen and oxygen atoms in total. The van der Waals surface area contributed by atoms with Crippen molar-refractivity contribution < 1.29 is 0 Å². The zero-order chi connectivity index (χ0) is 13.4. The number of hydrogen-bond acceptors (Lipinski definition) is 2. The first-order chi connectivity index (χ1) is 9.15. The molecule has 0 saturated carbocycles. The molecule has 0 unspecified atom stereocenters. The van der Waals surface area contributed by atoms with Crippen molar-refractivity contribution in [1.82, 2.24) is 10.2 Å². The smallest absolute Gasteiger partial charge is 0.0669 e. The van der Waals surface area contributed by atoms with Gasteiger partial charge in [0.25, 0.3) is 0 Å². The molecule has 0 bridgehead atoms. The van der Waals surface area contributed by atoms with Gasteiger partial charge in [-0.05, 0) is 36.3 Å². The molecule has 1 aliphatic rings. The van der Waals surface area contributed by atoms with Crippen LogP contribution in [0.2, 0.25) is 0 Å². The summed E-state index contributed by atoms with van der Waals surface area (Å²) < 4.78 is 0. The van der Waals surface area contributed by atoms with E-state index in [4.69, 9.17) is 0 Å². The zero-order valence-corrected chi connectivity index (χ0v) is 10.8. The predicted octanol–water partition coefficient (Wildman–Crippen LogP) is 1.93. The first-order valence-corrected chi connectivity index (χ1v) is 6.14. The van der Waals surface area contributed by atoms with Gasteiger partial charge in [-0.25, -0.2) is 0 Å². The number of nitrogens with one attached hydrogen (secondary N) is 2. The number of nitrogens with zero attached hydrogens (tertiary/aromatic N) is 1. The van der Waals surface area contributed by atoms with Gasteiger partial charge in [0, 0.05) is 16.6 Å². The van der Waals surface area contributed by atoms with Crippen LogP contribution in [0.15, 0.2) is 42.1 Å². The van der Waals surface area contributed by atoms with Gasteiger partial charge in [-0.2, -0.15) is 5.10 Å². The van der Waals surface area contributed by atoms with Crippen LogP contribution in [0.5, 0.6) is 0 Å². The van der Waals surface area contributed by atoms with E-state index >= 15 is 0 Å². The minimum Gasteiger partial charge on any atom is -0.355 e. The van der Waals surface area contributed by atoms with E-state index in [1.165, 1.54) is 0 Å². The van der Waals surface area contributed by atoms with Gasteiger partial charge in [-0.3, -0.25) is 5.10 Å².